The van der Waals surface area contributed by atoms with E-state index in [-0.39, 0.29) is 17.5 Å². The van der Waals surface area contributed by atoms with Gasteiger partial charge < -0.3 is 5.32 Å². The first-order valence-corrected chi connectivity index (χ1v) is 9.41. The largest absolute Gasteiger partial charge is 0.352 e. The summed E-state index contributed by atoms with van der Waals surface area (Å²) in [5, 5.41) is 2.76. The van der Waals surface area contributed by atoms with E-state index >= 15 is 0 Å². The van der Waals surface area contributed by atoms with Gasteiger partial charge in [0.15, 0.2) is 0 Å². The zero-order valence-corrected chi connectivity index (χ0v) is 15.0. The molecule has 0 fully saturated rings. The molecular formula is C18H21FN2O3S. The third-order valence-corrected chi connectivity index (χ3v) is 5.54. The second-order valence-corrected chi connectivity index (χ2v) is 7.54. The number of hydrogen-bond acceptors (Lipinski definition) is 3. The van der Waals surface area contributed by atoms with Crippen molar-refractivity contribution in [3.8, 4) is 0 Å². The van der Waals surface area contributed by atoms with Gasteiger partial charge in [0.2, 0.25) is 5.91 Å². The lowest BCUT2D eigenvalue weighted by molar-refractivity contribution is -0.120. The van der Waals surface area contributed by atoms with Gasteiger partial charge in [-0.15, -0.1) is 0 Å². The average Bonchev–Trinajstić information content (AvgIpc) is 2.60. The van der Waals surface area contributed by atoms with Crippen LogP contribution in [0.25, 0.3) is 0 Å². The molecule has 0 saturated carbocycles. The van der Waals surface area contributed by atoms with E-state index in [9.17, 15) is 17.6 Å². The molecule has 2 rings (SSSR count). The Morgan fingerprint density at radius 1 is 1.12 bits per heavy atom. The number of amides is 1. The number of rotatable bonds is 7. The molecule has 1 unspecified atom stereocenters. The maximum Gasteiger partial charge on any atom is 0.264 e. The van der Waals surface area contributed by atoms with Crippen molar-refractivity contribution < 1.29 is 17.6 Å². The van der Waals surface area contributed by atoms with Crippen molar-refractivity contribution in [1.82, 2.24) is 5.32 Å². The van der Waals surface area contributed by atoms with Crippen LogP contribution in [-0.2, 0) is 14.8 Å². The van der Waals surface area contributed by atoms with Gasteiger partial charge in [0, 0.05) is 6.04 Å². The molecule has 1 amide bonds. The third kappa shape index (κ3) is 4.79. The Morgan fingerprint density at radius 3 is 2.28 bits per heavy atom. The summed E-state index contributed by atoms with van der Waals surface area (Å²) in [6.45, 7) is 3.42. The van der Waals surface area contributed by atoms with Crippen LogP contribution in [0.5, 0.6) is 0 Å². The van der Waals surface area contributed by atoms with Crippen molar-refractivity contribution in [1.29, 1.82) is 0 Å². The highest BCUT2D eigenvalue weighted by Crippen LogP contribution is 2.23. The predicted molar refractivity (Wildman–Crippen MR) is 95.3 cm³/mol. The molecule has 1 N–H and O–H groups in total. The van der Waals surface area contributed by atoms with Crippen LogP contribution in [-0.4, -0.2) is 26.9 Å². The lowest BCUT2D eigenvalue weighted by atomic mass is 10.2. The molecule has 25 heavy (non-hydrogen) atoms. The van der Waals surface area contributed by atoms with Gasteiger partial charge in [0.05, 0.1) is 10.6 Å². The van der Waals surface area contributed by atoms with E-state index in [0.717, 1.165) is 22.9 Å². The van der Waals surface area contributed by atoms with Crippen molar-refractivity contribution in [2.45, 2.75) is 31.2 Å². The molecular weight excluding hydrogens is 343 g/mol. The van der Waals surface area contributed by atoms with Crippen molar-refractivity contribution >= 4 is 21.6 Å². The molecule has 7 heteroatoms. The van der Waals surface area contributed by atoms with Crippen LogP contribution in [0.4, 0.5) is 10.1 Å². The standard InChI is InChI=1S/C18H21FN2O3S/c1-3-14(2)20-18(22)13-21(16-7-5-4-6-8-16)25(23,24)17-11-9-15(19)10-12-17/h4-12,14H,3,13H2,1-2H3,(H,20,22). The lowest BCUT2D eigenvalue weighted by Crippen LogP contribution is -2.43. The summed E-state index contributed by atoms with van der Waals surface area (Å²) >= 11 is 0. The molecule has 0 aliphatic carbocycles. The Labute approximate surface area is 147 Å². The van der Waals surface area contributed by atoms with Crippen LogP contribution >= 0.6 is 0 Å². The highest BCUT2D eigenvalue weighted by atomic mass is 32.2. The molecule has 2 aromatic carbocycles. The fourth-order valence-electron chi connectivity index (χ4n) is 2.20. The normalized spacial score (nSPS) is 12.4. The summed E-state index contributed by atoms with van der Waals surface area (Å²) in [6, 6.07) is 12.8. The summed E-state index contributed by atoms with van der Waals surface area (Å²) < 4.78 is 40.1. The van der Waals surface area contributed by atoms with Crippen LogP contribution in [0.3, 0.4) is 0 Å². The van der Waals surface area contributed by atoms with Gasteiger partial charge >= 0.3 is 0 Å². The number of anilines is 1. The predicted octanol–water partition coefficient (Wildman–Crippen LogP) is 2.94. The Hall–Kier alpha value is -2.41. The monoisotopic (exact) mass is 364 g/mol. The molecule has 0 radical (unpaired) electrons. The van der Waals surface area contributed by atoms with Crippen LogP contribution in [0.15, 0.2) is 59.5 Å². The van der Waals surface area contributed by atoms with Crippen molar-refractivity contribution in [3.63, 3.8) is 0 Å². The number of carbonyl (C=O) groups is 1. The van der Waals surface area contributed by atoms with E-state index in [0.29, 0.717) is 5.69 Å². The molecule has 0 heterocycles. The van der Waals surface area contributed by atoms with Gasteiger partial charge in [-0.05, 0) is 49.7 Å². The summed E-state index contributed by atoms with van der Waals surface area (Å²) in [5.41, 5.74) is 0.367. The summed E-state index contributed by atoms with van der Waals surface area (Å²) in [4.78, 5) is 12.2. The first kappa shape index (κ1) is 18.9. The Bertz CT molecular complexity index is 808. The van der Waals surface area contributed by atoms with Crippen molar-refractivity contribution in [2.75, 3.05) is 10.8 Å². The van der Waals surface area contributed by atoms with Gasteiger partial charge in [-0.25, -0.2) is 12.8 Å². The highest BCUT2D eigenvalue weighted by molar-refractivity contribution is 7.92. The number of carbonyl (C=O) groups excluding carboxylic acids is 1. The molecule has 1 atom stereocenters. The summed E-state index contributed by atoms with van der Waals surface area (Å²) in [6.07, 6.45) is 0.738. The highest BCUT2D eigenvalue weighted by Gasteiger charge is 2.27. The number of nitrogens with zero attached hydrogens (tertiary/aromatic N) is 1. The number of hydrogen-bond donors (Lipinski definition) is 1. The van der Waals surface area contributed by atoms with Crippen LogP contribution in [0, 0.1) is 5.82 Å². The van der Waals surface area contributed by atoms with E-state index < -0.39 is 21.7 Å². The number of para-hydroxylation sites is 1. The fraction of sp³-hybridized carbons (Fsp3) is 0.278. The van der Waals surface area contributed by atoms with E-state index in [1.54, 1.807) is 30.3 Å². The van der Waals surface area contributed by atoms with Crippen molar-refractivity contribution in [2.24, 2.45) is 0 Å². The van der Waals surface area contributed by atoms with E-state index in [4.69, 9.17) is 0 Å². The van der Waals surface area contributed by atoms with E-state index in [2.05, 4.69) is 5.32 Å². The number of halogens is 1. The maximum atomic E-state index is 13.1. The number of benzene rings is 2. The second-order valence-electron chi connectivity index (χ2n) is 5.68. The molecule has 5 nitrogen and oxygen atoms in total. The first-order valence-electron chi connectivity index (χ1n) is 7.97. The Morgan fingerprint density at radius 2 is 1.72 bits per heavy atom. The van der Waals surface area contributed by atoms with Crippen molar-refractivity contribution in [3.05, 3.63) is 60.4 Å². The Kier molecular flexibility index (Phi) is 6.14. The maximum absolute atomic E-state index is 13.1. The molecule has 0 saturated heterocycles. The Balaban J connectivity index is 2.37. The SMILES string of the molecule is CCC(C)NC(=O)CN(c1ccccc1)S(=O)(=O)c1ccc(F)cc1. The van der Waals surface area contributed by atoms with E-state index in [1.807, 2.05) is 13.8 Å². The van der Waals surface area contributed by atoms with Gasteiger partial charge in [0.1, 0.15) is 12.4 Å². The van der Waals surface area contributed by atoms with Gasteiger partial charge in [0.25, 0.3) is 10.0 Å². The minimum absolute atomic E-state index is 0.0568. The molecule has 134 valence electrons. The summed E-state index contributed by atoms with van der Waals surface area (Å²) in [5.74, 6) is -0.927. The quantitative estimate of drug-likeness (QED) is 0.821. The molecule has 0 spiro atoms. The first-order chi connectivity index (χ1) is 11.8. The number of nitrogens with one attached hydrogen (secondary N) is 1. The van der Waals surface area contributed by atoms with Gasteiger partial charge in [-0.3, -0.25) is 9.10 Å². The second kappa shape index (κ2) is 8.11. The van der Waals surface area contributed by atoms with Crippen LogP contribution < -0.4 is 9.62 Å². The molecule has 0 aliphatic heterocycles. The van der Waals surface area contributed by atoms with Gasteiger partial charge in [-0.2, -0.15) is 0 Å². The minimum Gasteiger partial charge on any atom is -0.352 e. The van der Waals surface area contributed by atoms with Crippen LogP contribution in [0.2, 0.25) is 0 Å². The van der Waals surface area contributed by atoms with E-state index in [1.165, 1.54) is 12.1 Å². The number of sulfonamides is 1. The average molecular weight is 364 g/mol. The fourth-order valence-corrected chi connectivity index (χ4v) is 3.62. The minimum atomic E-state index is -4.00. The summed E-state index contributed by atoms with van der Waals surface area (Å²) in [7, 11) is -4.00. The third-order valence-electron chi connectivity index (χ3n) is 3.75. The van der Waals surface area contributed by atoms with Gasteiger partial charge in [-0.1, -0.05) is 25.1 Å². The zero-order chi connectivity index (χ0) is 18.4. The molecule has 2 aromatic rings. The zero-order valence-electron chi connectivity index (χ0n) is 14.1. The lowest BCUT2D eigenvalue weighted by Gasteiger charge is -2.24. The molecule has 0 aliphatic rings. The van der Waals surface area contributed by atoms with Crippen LogP contribution in [0.1, 0.15) is 20.3 Å². The molecule has 0 bridgehead atoms. The molecule has 0 aromatic heterocycles. The topological polar surface area (TPSA) is 66.5 Å². The smallest absolute Gasteiger partial charge is 0.264 e.